The summed E-state index contributed by atoms with van der Waals surface area (Å²) in [6, 6.07) is -1.57. The van der Waals surface area contributed by atoms with Gasteiger partial charge in [-0.25, -0.2) is 0 Å². The summed E-state index contributed by atoms with van der Waals surface area (Å²) in [5.41, 5.74) is 0. The second kappa shape index (κ2) is 9.03. The highest BCUT2D eigenvalue weighted by molar-refractivity contribution is 5.93. The van der Waals surface area contributed by atoms with E-state index in [4.69, 9.17) is 0 Å². The number of Topliss-reactive ketones (excluding diaryl/α,β-unsaturated/α-hetero) is 1. The monoisotopic (exact) mass is 286 g/mol. The lowest BCUT2D eigenvalue weighted by atomic mass is 10.1. The molecule has 0 heterocycles. The standard InChI is InChI=1S/C12H22N4O4/c1-7(17)8(5-10(18)14-3)16-11(19)6-9(13-2)12(20)15-4/h8-9,13H,5-6H2,1-4H3,(H,14,18)(H,15,20)(H,16,19). The summed E-state index contributed by atoms with van der Waals surface area (Å²) in [6.07, 6.45) is -0.241. The Bertz CT molecular complexity index is 384. The second-order valence-electron chi connectivity index (χ2n) is 4.27. The molecule has 0 aliphatic heterocycles. The number of ketones is 1. The smallest absolute Gasteiger partial charge is 0.237 e. The molecular formula is C12H22N4O4. The number of likely N-dealkylation sites (N-methyl/N-ethyl adjacent to an activating group) is 2. The van der Waals surface area contributed by atoms with Crippen LogP contribution in [0.25, 0.3) is 0 Å². The molecule has 2 unspecified atom stereocenters. The van der Waals surface area contributed by atoms with Crippen LogP contribution in [0.1, 0.15) is 19.8 Å². The first kappa shape index (κ1) is 18.0. The van der Waals surface area contributed by atoms with Crippen molar-refractivity contribution in [2.24, 2.45) is 0 Å². The maximum absolute atomic E-state index is 11.8. The van der Waals surface area contributed by atoms with Crippen molar-refractivity contribution >= 4 is 23.5 Å². The zero-order valence-corrected chi connectivity index (χ0v) is 12.2. The van der Waals surface area contributed by atoms with Gasteiger partial charge in [-0.05, 0) is 14.0 Å². The number of hydrogen-bond donors (Lipinski definition) is 4. The molecule has 114 valence electrons. The summed E-state index contributed by atoms with van der Waals surface area (Å²) in [5.74, 6) is -1.46. The Morgan fingerprint density at radius 3 is 1.80 bits per heavy atom. The highest BCUT2D eigenvalue weighted by Gasteiger charge is 2.23. The third kappa shape index (κ3) is 6.28. The molecule has 0 saturated carbocycles. The Labute approximate surface area is 118 Å². The molecule has 0 aliphatic carbocycles. The fraction of sp³-hybridized carbons (Fsp3) is 0.667. The number of hydrogen-bond acceptors (Lipinski definition) is 5. The maximum atomic E-state index is 11.8. The van der Waals surface area contributed by atoms with Crippen molar-refractivity contribution in [1.29, 1.82) is 0 Å². The average molecular weight is 286 g/mol. The maximum Gasteiger partial charge on any atom is 0.237 e. The lowest BCUT2D eigenvalue weighted by molar-refractivity contribution is -0.131. The van der Waals surface area contributed by atoms with Gasteiger partial charge in [0.15, 0.2) is 5.78 Å². The van der Waals surface area contributed by atoms with Crippen LogP contribution in [0.4, 0.5) is 0 Å². The molecule has 2 atom stereocenters. The molecule has 0 aromatic rings. The van der Waals surface area contributed by atoms with Crippen LogP contribution in [-0.4, -0.2) is 56.7 Å². The number of amides is 3. The lowest BCUT2D eigenvalue weighted by Gasteiger charge is -2.18. The Morgan fingerprint density at radius 2 is 1.40 bits per heavy atom. The van der Waals surface area contributed by atoms with E-state index < -0.39 is 18.0 Å². The van der Waals surface area contributed by atoms with Gasteiger partial charge in [0.25, 0.3) is 0 Å². The van der Waals surface area contributed by atoms with Crippen LogP contribution in [0.5, 0.6) is 0 Å². The molecule has 20 heavy (non-hydrogen) atoms. The molecular weight excluding hydrogens is 264 g/mol. The van der Waals surface area contributed by atoms with E-state index in [1.807, 2.05) is 0 Å². The summed E-state index contributed by atoms with van der Waals surface area (Å²) in [6.45, 7) is 1.29. The van der Waals surface area contributed by atoms with E-state index in [-0.39, 0.29) is 30.4 Å². The fourth-order valence-corrected chi connectivity index (χ4v) is 1.52. The van der Waals surface area contributed by atoms with E-state index in [1.54, 1.807) is 7.05 Å². The van der Waals surface area contributed by atoms with E-state index in [1.165, 1.54) is 21.0 Å². The summed E-state index contributed by atoms with van der Waals surface area (Å²) in [5, 5.41) is 9.97. The van der Waals surface area contributed by atoms with E-state index in [9.17, 15) is 19.2 Å². The largest absolute Gasteiger partial charge is 0.359 e. The SMILES string of the molecule is CNC(=O)CC(NC(=O)CC(NC)C(=O)NC)C(C)=O. The van der Waals surface area contributed by atoms with Crippen LogP contribution in [0.2, 0.25) is 0 Å². The van der Waals surface area contributed by atoms with Crippen molar-refractivity contribution in [2.45, 2.75) is 31.8 Å². The third-order valence-corrected chi connectivity index (χ3v) is 2.80. The van der Waals surface area contributed by atoms with Gasteiger partial charge in [-0.3, -0.25) is 19.2 Å². The predicted molar refractivity (Wildman–Crippen MR) is 72.8 cm³/mol. The number of carbonyl (C=O) groups excluding carboxylic acids is 4. The van der Waals surface area contributed by atoms with E-state index >= 15 is 0 Å². The number of nitrogens with one attached hydrogen (secondary N) is 4. The molecule has 0 rings (SSSR count). The van der Waals surface area contributed by atoms with Gasteiger partial charge in [-0.15, -0.1) is 0 Å². The predicted octanol–water partition coefficient (Wildman–Crippen LogP) is -2.08. The van der Waals surface area contributed by atoms with Gasteiger partial charge in [-0.1, -0.05) is 0 Å². The van der Waals surface area contributed by atoms with Gasteiger partial charge in [0, 0.05) is 14.1 Å². The van der Waals surface area contributed by atoms with Crippen molar-refractivity contribution in [3.8, 4) is 0 Å². The topological polar surface area (TPSA) is 116 Å². The molecule has 4 N–H and O–H groups in total. The van der Waals surface area contributed by atoms with Crippen molar-refractivity contribution in [2.75, 3.05) is 21.1 Å². The lowest BCUT2D eigenvalue weighted by Crippen LogP contribution is -2.48. The molecule has 0 aromatic heterocycles. The van der Waals surface area contributed by atoms with Gasteiger partial charge >= 0.3 is 0 Å². The minimum absolute atomic E-state index is 0.117. The van der Waals surface area contributed by atoms with Crippen LogP contribution >= 0.6 is 0 Å². The van der Waals surface area contributed by atoms with Gasteiger partial charge < -0.3 is 21.3 Å². The number of rotatable bonds is 8. The summed E-state index contributed by atoms with van der Waals surface area (Å²) >= 11 is 0. The van der Waals surface area contributed by atoms with Crippen molar-refractivity contribution in [1.82, 2.24) is 21.3 Å². The van der Waals surface area contributed by atoms with Crippen LogP contribution < -0.4 is 21.3 Å². The quantitative estimate of drug-likeness (QED) is 0.409. The molecule has 0 saturated heterocycles. The molecule has 0 spiro atoms. The minimum atomic E-state index is -0.885. The Balaban J connectivity index is 4.56. The van der Waals surface area contributed by atoms with Crippen LogP contribution in [0.3, 0.4) is 0 Å². The van der Waals surface area contributed by atoms with Crippen LogP contribution in [0, 0.1) is 0 Å². The zero-order chi connectivity index (χ0) is 15.7. The molecule has 0 aromatic carbocycles. The fourth-order valence-electron chi connectivity index (χ4n) is 1.52. The normalized spacial score (nSPS) is 13.0. The van der Waals surface area contributed by atoms with Crippen molar-refractivity contribution in [3.05, 3.63) is 0 Å². The summed E-state index contributed by atoms with van der Waals surface area (Å²) < 4.78 is 0. The van der Waals surface area contributed by atoms with Crippen LogP contribution in [0.15, 0.2) is 0 Å². The first-order valence-electron chi connectivity index (χ1n) is 6.24. The van der Waals surface area contributed by atoms with Crippen molar-refractivity contribution in [3.63, 3.8) is 0 Å². The molecule has 8 heteroatoms. The molecule has 0 bridgehead atoms. The van der Waals surface area contributed by atoms with E-state index in [0.717, 1.165) is 0 Å². The highest BCUT2D eigenvalue weighted by atomic mass is 16.2. The third-order valence-electron chi connectivity index (χ3n) is 2.80. The first-order valence-corrected chi connectivity index (χ1v) is 6.24. The number of carbonyl (C=O) groups is 4. The summed E-state index contributed by atoms with van der Waals surface area (Å²) in [7, 11) is 4.47. The van der Waals surface area contributed by atoms with Crippen LogP contribution in [-0.2, 0) is 19.2 Å². The van der Waals surface area contributed by atoms with E-state index in [0.29, 0.717) is 0 Å². The Morgan fingerprint density at radius 1 is 0.850 bits per heavy atom. The van der Waals surface area contributed by atoms with Gasteiger partial charge in [-0.2, -0.15) is 0 Å². The molecule has 8 nitrogen and oxygen atoms in total. The van der Waals surface area contributed by atoms with Gasteiger partial charge in [0.05, 0.1) is 24.9 Å². The molecule has 0 aliphatic rings. The first-order chi connectivity index (χ1) is 9.35. The molecule has 3 amide bonds. The average Bonchev–Trinajstić information content (AvgIpc) is 2.42. The van der Waals surface area contributed by atoms with Gasteiger partial charge in [0.2, 0.25) is 17.7 Å². The summed E-state index contributed by atoms with van der Waals surface area (Å²) in [4.78, 5) is 45.9. The Kier molecular flexibility index (Phi) is 8.14. The second-order valence-corrected chi connectivity index (χ2v) is 4.27. The minimum Gasteiger partial charge on any atom is -0.359 e. The van der Waals surface area contributed by atoms with Crippen molar-refractivity contribution < 1.29 is 19.2 Å². The zero-order valence-electron chi connectivity index (χ0n) is 12.2. The van der Waals surface area contributed by atoms with E-state index in [2.05, 4.69) is 21.3 Å². The molecule has 0 fully saturated rings. The Hall–Kier alpha value is -1.96. The molecule has 0 radical (unpaired) electrons. The highest BCUT2D eigenvalue weighted by Crippen LogP contribution is 1.98. The van der Waals surface area contributed by atoms with Gasteiger partial charge in [0.1, 0.15) is 0 Å².